The van der Waals surface area contributed by atoms with Gasteiger partial charge in [0.1, 0.15) is 0 Å². The molecule has 3 radical (unpaired) electrons. The third-order valence-corrected chi connectivity index (χ3v) is 1.52. The molecule has 0 unspecified atom stereocenters. The maximum atomic E-state index is 3.28. The molecule has 2 heteroatoms. The van der Waals surface area contributed by atoms with E-state index in [1.807, 2.05) is 36.4 Å². The van der Waals surface area contributed by atoms with Gasteiger partial charge in [0.2, 0.25) is 0 Å². The molecule has 0 aliphatic heterocycles. The Labute approximate surface area is 130 Å². The minimum Gasteiger partial charge on any atom is -0.317 e. The van der Waals surface area contributed by atoms with Crippen LogP contribution < -0.4 is 5.32 Å². The molecule has 0 bridgehead atoms. The van der Waals surface area contributed by atoms with Crippen molar-refractivity contribution in [3.05, 3.63) is 75.9 Å². The van der Waals surface area contributed by atoms with Gasteiger partial charge in [-0.25, -0.2) is 0 Å². The van der Waals surface area contributed by atoms with Crippen LogP contribution in [-0.4, -0.2) is 21.5 Å². The van der Waals surface area contributed by atoms with Crippen molar-refractivity contribution in [3.63, 3.8) is 0 Å². The predicted molar refractivity (Wildman–Crippen MR) is 99.4 cm³/mol. The molecule has 0 saturated heterocycles. The minimum atomic E-state index is 0. The second kappa shape index (κ2) is 52.9. The first-order valence-corrected chi connectivity index (χ1v) is 6.62. The molecular formula is C18H33BN. The predicted octanol–water partition coefficient (Wildman–Crippen LogP) is 5.11. The first kappa shape index (κ1) is 31.1. The van der Waals surface area contributed by atoms with E-state index in [0.717, 1.165) is 0 Å². The van der Waals surface area contributed by atoms with Gasteiger partial charge < -0.3 is 5.32 Å². The molecule has 113 valence electrons. The summed E-state index contributed by atoms with van der Waals surface area (Å²) >= 11 is 0. The van der Waals surface area contributed by atoms with Gasteiger partial charge in [0.15, 0.2) is 0 Å². The zero-order chi connectivity index (χ0) is 15.8. The van der Waals surface area contributed by atoms with Gasteiger partial charge >= 0.3 is 0 Å². The van der Waals surface area contributed by atoms with E-state index in [1.165, 1.54) is 25.9 Å². The molecule has 1 aromatic rings. The van der Waals surface area contributed by atoms with Gasteiger partial charge in [0, 0.05) is 8.41 Å². The largest absolute Gasteiger partial charge is 0.317 e. The Hall–Kier alpha value is -1.54. The summed E-state index contributed by atoms with van der Waals surface area (Å²) in [6.45, 7) is 24.7. The van der Waals surface area contributed by atoms with Gasteiger partial charge in [-0.15, -0.1) is 39.5 Å². The van der Waals surface area contributed by atoms with Crippen LogP contribution in [0, 0.1) is 0 Å². The molecule has 0 aromatic heterocycles. The summed E-state index contributed by atoms with van der Waals surface area (Å²) in [4.78, 5) is 0. The first-order chi connectivity index (χ1) is 9.41. The fourth-order valence-corrected chi connectivity index (χ4v) is 0.863. The lowest BCUT2D eigenvalue weighted by Gasteiger charge is -1.95. The summed E-state index contributed by atoms with van der Waals surface area (Å²) in [6, 6.07) is 12.0. The first-order valence-electron chi connectivity index (χ1n) is 6.62. The Morgan fingerprint density at radius 2 is 0.800 bits per heavy atom. The minimum absolute atomic E-state index is 0. The van der Waals surface area contributed by atoms with Crippen LogP contribution in [0.5, 0.6) is 0 Å². The number of nitrogens with one attached hydrogen (secondary N) is 1. The number of hydrogen-bond donors (Lipinski definition) is 1. The van der Waals surface area contributed by atoms with Crippen LogP contribution in [0.4, 0.5) is 0 Å². The summed E-state index contributed by atoms with van der Waals surface area (Å²) in [6.07, 6.45) is 2.50. The Morgan fingerprint density at radius 1 is 0.600 bits per heavy atom. The Kier molecular flexibility index (Phi) is 82.1. The highest BCUT2D eigenvalue weighted by molar-refractivity contribution is 5.75. The summed E-state index contributed by atoms with van der Waals surface area (Å²) in [7, 11) is 0. The summed E-state index contributed by atoms with van der Waals surface area (Å²) in [5, 5.41) is 3.28. The van der Waals surface area contributed by atoms with Crippen molar-refractivity contribution in [2.24, 2.45) is 0 Å². The molecule has 0 amide bonds. The molecule has 20 heavy (non-hydrogen) atoms. The number of rotatable bonds is 4. The second-order valence-corrected chi connectivity index (χ2v) is 2.90. The fraction of sp³-hybridized carbons (Fsp3) is 0.333. The molecule has 0 aliphatic carbocycles. The molecule has 0 atom stereocenters. The van der Waals surface area contributed by atoms with Crippen molar-refractivity contribution in [2.75, 3.05) is 13.1 Å². The standard InChI is InChI=1S/C6H15N.C6H6.3C2H4.B/c1-3-5-7-6-4-2;1-2-4-6-5-3-1;3*1-2;/h7H,3-6H2,1-2H3;1-6H;3*1-2H2;. The van der Waals surface area contributed by atoms with E-state index in [4.69, 9.17) is 0 Å². The van der Waals surface area contributed by atoms with Crippen LogP contribution >= 0.6 is 0 Å². The molecule has 1 rings (SSSR count). The van der Waals surface area contributed by atoms with Gasteiger partial charge in [-0.05, 0) is 25.9 Å². The Morgan fingerprint density at radius 3 is 0.950 bits per heavy atom. The lowest BCUT2D eigenvalue weighted by Crippen LogP contribution is -2.14. The highest BCUT2D eigenvalue weighted by Crippen LogP contribution is 1.79. The molecule has 0 aliphatic rings. The van der Waals surface area contributed by atoms with Crippen molar-refractivity contribution >= 4 is 8.41 Å². The van der Waals surface area contributed by atoms with Crippen molar-refractivity contribution in [2.45, 2.75) is 26.7 Å². The van der Waals surface area contributed by atoms with E-state index in [0.29, 0.717) is 0 Å². The van der Waals surface area contributed by atoms with E-state index in [2.05, 4.69) is 58.6 Å². The fourth-order valence-electron chi connectivity index (χ4n) is 0.863. The average Bonchev–Trinajstić information content (AvgIpc) is 2.56. The maximum Gasteiger partial charge on any atom is 0 e. The Bertz CT molecular complexity index is 166. The zero-order valence-electron chi connectivity index (χ0n) is 13.6. The highest BCUT2D eigenvalue weighted by Gasteiger charge is 1.76. The SMILES string of the molecule is C=C.C=C.C=C.CCCNCCC.[B].c1ccccc1. The lowest BCUT2D eigenvalue weighted by atomic mass is 10.4. The van der Waals surface area contributed by atoms with Crippen molar-refractivity contribution < 1.29 is 0 Å². The maximum absolute atomic E-state index is 3.28. The van der Waals surface area contributed by atoms with Crippen LogP contribution in [0.3, 0.4) is 0 Å². The smallest absolute Gasteiger partial charge is 0 e. The molecular weight excluding hydrogens is 241 g/mol. The molecule has 0 spiro atoms. The van der Waals surface area contributed by atoms with Crippen LogP contribution in [0.25, 0.3) is 0 Å². The summed E-state index contributed by atoms with van der Waals surface area (Å²) in [5.41, 5.74) is 0. The van der Waals surface area contributed by atoms with Gasteiger partial charge in [0.25, 0.3) is 0 Å². The highest BCUT2D eigenvalue weighted by atomic mass is 14.8. The van der Waals surface area contributed by atoms with Gasteiger partial charge in [-0.1, -0.05) is 50.2 Å². The van der Waals surface area contributed by atoms with Crippen LogP contribution in [-0.2, 0) is 0 Å². The van der Waals surface area contributed by atoms with Crippen LogP contribution in [0.2, 0.25) is 0 Å². The molecule has 0 heterocycles. The van der Waals surface area contributed by atoms with E-state index in [9.17, 15) is 0 Å². The topological polar surface area (TPSA) is 12.0 Å². The molecule has 1 N–H and O–H groups in total. The van der Waals surface area contributed by atoms with Crippen molar-refractivity contribution in [1.82, 2.24) is 5.32 Å². The van der Waals surface area contributed by atoms with E-state index >= 15 is 0 Å². The molecule has 1 aromatic carbocycles. The lowest BCUT2D eigenvalue weighted by molar-refractivity contribution is 0.662. The second-order valence-electron chi connectivity index (χ2n) is 2.90. The Balaban J connectivity index is -0.0000000528. The van der Waals surface area contributed by atoms with Crippen LogP contribution in [0.15, 0.2) is 75.9 Å². The van der Waals surface area contributed by atoms with Crippen LogP contribution in [0.1, 0.15) is 26.7 Å². The van der Waals surface area contributed by atoms with E-state index in [1.54, 1.807) is 0 Å². The summed E-state index contributed by atoms with van der Waals surface area (Å²) in [5.74, 6) is 0. The zero-order valence-corrected chi connectivity index (χ0v) is 13.6. The third-order valence-electron chi connectivity index (χ3n) is 1.52. The molecule has 1 nitrogen and oxygen atoms in total. The number of hydrogen-bond acceptors (Lipinski definition) is 1. The van der Waals surface area contributed by atoms with E-state index < -0.39 is 0 Å². The monoisotopic (exact) mass is 274 g/mol. The normalized spacial score (nSPS) is 6.30. The average molecular weight is 274 g/mol. The quantitative estimate of drug-likeness (QED) is 0.457. The molecule has 0 saturated carbocycles. The van der Waals surface area contributed by atoms with Gasteiger partial charge in [0.05, 0.1) is 0 Å². The van der Waals surface area contributed by atoms with E-state index in [-0.39, 0.29) is 8.41 Å². The third kappa shape index (κ3) is 55.0. The number of benzene rings is 1. The van der Waals surface area contributed by atoms with Gasteiger partial charge in [-0.2, -0.15) is 0 Å². The summed E-state index contributed by atoms with van der Waals surface area (Å²) < 4.78 is 0. The van der Waals surface area contributed by atoms with Crippen molar-refractivity contribution in [3.8, 4) is 0 Å². The van der Waals surface area contributed by atoms with Crippen molar-refractivity contribution in [1.29, 1.82) is 0 Å². The molecule has 0 fully saturated rings. The van der Waals surface area contributed by atoms with Gasteiger partial charge in [-0.3, -0.25) is 0 Å².